The van der Waals surface area contributed by atoms with Gasteiger partial charge in [-0.3, -0.25) is 9.78 Å². The Morgan fingerprint density at radius 1 is 1.21 bits per heavy atom. The number of aromatic nitrogens is 3. The van der Waals surface area contributed by atoms with E-state index in [4.69, 9.17) is 11.6 Å². The number of nitrogens with zero attached hydrogens (tertiary/aromatic N) is 2. The van der Waals surface area contributed by atoms with Crippen LogP contribution in [0.15, 0.2) is 42.9 Å². The van der Waals surface area contributed by atoms with Crippen molar-refractivity contribution in [3.63, 3.8) is 0 Å². The first kappa shape index (κ1) is 14.9. The molecule has 24 heavy (non-hydrogen) atoms. The molecular weight excluding hydrogens is 324 g/mol. The molecule has 0 saturated carbocycles. The number of H-pyrrole nitrogens is 1. The maximum absolute atomic E-state index is 12.7. The van der Waals surface area contributed by atoms with Gasteiger partial charge in [-0.15, -0.1) is 0 Å². The number of hydrogen-bond donors (Lipinski definition) is 2. The zero-order valence-electron chi connectivity index (χ0n) is 12.8. The van der Waals surface area contributed by atoms with Gasteiger partial charge in [0.1, 0.15) is 5.82 Å². The van der Waals surface area contributed by atoms with Crippen LogP contribution < -0.4 is 5.32 Å². The maximum atomic E-state index is 12.7. The van der Waals surface area contributed by atoms with Crippen LogP contribution in [0, 0.1) is 0 Å². The van der Waals surface area contributed by atoms with Gasteiger partial charge in [-0.25, -0.2) is 4.98 Å². The minimum Gasteiger partial charge on any atom is -0.364 e. The van der Waals surface area contributed by atoms with E-state index in [9.17, 15) is 4.79 Å². The predicted octanol–water partition coefficient (Wildman–Crippen LogP) is 3.87. The molecule has 1 aliphatic rings. The summed E-state index contributed by atoms with van der Waals surface area (Å²) in [6, 6.07) is 7.39. The highest BCUT2D eigenvalue weighted by molar-refractivity contribution is 6.30. The van der Waals surface area contributed by atoms with Gasteiger partial charge in [0.2, 0.25) is 0 Å². The molecule has 6 heteroatoms. The van der Waals surface area contributed by atoms with Crippen molar-refractivity contribution in [2.75, 3.05) is 5.32 Å². The fourth-order valence-electron chi connectivity index (χ4n) is 3.07. The molecule has 0 bridgehead atoms. The first-order chi connectivity index (χ1) is 11.7. The van der Waals surface area contributed by atoms with Gasteiger partial charge >= 0.3 is 0 Å². The standard InChI is InChI=1S/C18H15ClN4O/c19-12-6-7-15(22-9-12)23-18(24)13-10-21-14-5-1-3-11-4-2-8-20-17(11)16(13)14/h2,4,6-10,21H,1,3,5H2,(H,22,23,24). The Morgan fingerprint density at radius 2 is 2.12 bits per heavy atom. The lowest BCUT2D eigenvalue weighted by atomic mass is 10.0. The summed E-state index contributed by atoms with van der Waals surface area (Å²) >= 11 is 5.83. The molecule has 0 unspecified atom stereocenters. The lowest BCUT2D eigenvalue weighted by Crippen LogP contribution is -2.13. The van der Waals surface area contributed by atoms with Gasteiger partial charge in [0, 0.05) is 29.8 Å². The summed E-state index contributed by atoms with van der Waals surface area (Å²) in [7, 11) is 0. The van der Waals surface area contributed by atoms with Crippen LogP contribution in [0.25, 0.3) is 11.3 Å². The fourth-order valence-corrected chi connectivity index (χ4v) is 3.18. The highest BCUT2D eigenvalue weighted by atomic mass is 35.5. The van der Waals surface area contributed by atoms with Gasteiger partial charge in [-0.2, -0.15) is 0 Å². The van der Waals surface area contributed by atoms with Crippen molar-refractivity contribution in [1.29, 1.82) is 0 Å². The Labute approximate surface area is 144 Å². The van der Waals surface area contributed by atoms with Crippen LogP contribution in [0.4, 0.5) is 5.82 Å². The number of hydrogen-bond acceptors (Lipinski definition) is 3. The van der Waals surface area contributed by atoms with Crippen LogP contribution in [-0.4, -0.2) is 20.9 Å². The molecule has 0 saturated heterocycles. The van der Waals surface area contributed by atoms with E-state index in [-0.39, 0.29) is 5.91 Å². The van der Waals surface area contributed by atoms with E-state index < -0.39 is 0 Å². The molecule has 3 aromatic heterocycles. The molecule has 120 valence electrons. The molecule has 0 fully saturated rings. The number of nitrogens with one attached hydrogen (secondary N) is 2. The van der Waals surface area contributed by atoms with Crippen molar-refractivity contribution in [1.82, 2.24) is 15.0 Å². The van der Waals surface area contributed by atoms with E-state index in [0.717, 1.165) is 36.2 Å². The first-order valence-corrected chi connectivity index (χ1v) is 8.17. The van der Waals surface area contributed by atoms with Crippen molar-refractivity contribution in [2.24, 2.45) is 0 Å². The van der Waals surface area contributed by atoms with Crippen LogP contribution >= 0.6 is 11.6 Å². The SMILES string of the molecule is O=C(Nc1ccc(Cl)cn1)c1c[nH]c2c1-c1ncccc1CCC2. The highest BCUT2D eigenvalue weighted by Crippen LogP contribution is 2.33. The molecular formula is C18H15ClN4O. The Kier molecular flexibility index (Phi) is 3.78. The van der Waals surface area contributed by atoms with Crippen molar-refractivity contribution < 1.29 is 4.79 Å². The van der Waals surface area contributed by atoms with E-state index in [1.807, 2.05) is 6.07 Å². The number of amides is 1. The second-order valence-electron chi connectivity index (χ2n) is 5.74. The molecule has 0 aromatic carbocycles. The molecule has 3 aromatic rings. The summed E-state index contributed by atoms with van der Waals surface area (Å²) in [4.78, 5) is 24.6. The topological polar surface area (TPSA) is 70.7 Å². The molecule has 0 aliphatic heterocycles. The Morgan fingerprint density at radius 3 is 2.96 bits per heavy atom. The predicted molar refractivity (Wildman–Crippen MR) is 93.2 cm³/mol. The van der Waals surface area contributed by atoms with Crippen LogP contribution in [0.5, 0.6) is 0 Å². The lowest BCUT2D eigenvalue weighted by molar-refractivity contribution is 0.102. The summed E-state index contributed by atoms with van der Waals surface area (Å²) in [5.41, 5.74) is 4.61. The lowest BCUT2D eigenvalue weighted by Gasteiger charge is -2.08. The number of aromatic amines is 1. The summed E-state index contributed by atoms with van der Waals surface area (Å²) in [5.74, 6) is 0.259. The monoisotopic (exact) mass is 338 g/mol. The molecule has 0 atom stereocenters. The zero-order valence-corrected chi connectivity index (χ0v) is 13.6. The van der Waals surface area contributed by atoms with Crippen LogP contribution in [-0.2, 0) is 12.8 Å². The van der Waals surface area contributed by atoms with Gasteiger partial charge in [0.15, 0.2) is 0 Å². The number of rotatable bonds is 2. The molecule has 1 amide bonds. The third-order valence-corrected chi connectivity index (χ3v) is 4.40. The average Bonchev–Trinajstić information content (AvgIpc) is 2.93. The van der Waals surface area contributed by atoms with Crippen LogP contribution in [0.1, 0.15) is 28.0 Å². The molecule has 1 aliphatic carbocycles. The number of pyridine rings is 2. The van der Waals surface area contributed by atoms with E-state index >= 15 is 0 Å². The summed E-state index contributed by atoms with van der Waals surface area (Å²) in [6.45, 7) is 0. The third kappa shape index (κ3) is 2.67. The largest absolute Gasteiger partial charge is 0.364 e. The average molecular weight is 339 g/mol. The van der Waals surface area contributed by atoms with Gasteiger partial charge < -0.3 is 10.3 Å². The van der Waals surface area contributed by atoms with E-state index in [1.54, 1.807) is 24.5 Å². The molecule has 0 radical (unpaired) electrons. The Hall–Kier alpha value is -2.66. The molecule has 0 spiro atoms. The normalized spacial score (nSPS) is 12.9. The van der Waals surface area contributed by atoms with E-state index in [0.29, 0.717) is 16.4 Å². The van der Waals surface area contributed by atoms with Crippen molar-refractivity contribution >= 4 is 23.3 Å². The van der Waals surface area contributed by atoms with Gasteiger partial charge in [0.05, 0.1) is 16.3 Å². The molecule has 4 rings (SSSR count). The van der Waals surface area contributed by atoms with Crippen LogP contribution in [0.2, 0.25) is 5.02 Å². The van der Waals surface area contributed by atoms with E-state index in [2.05, 4.69) is 26.3 Å². The number of fused-ring (bicyclic) bond motifs is 3. The van der Waals surface area contributed by atoms with Gasteiger partial charge in [-0.05, 0) is 43.0 Å². The Balaban J connectivity index is 1.73. The highest BCUT2D eigenvalue weighted by Gasteiger charge is 2.24. The first-order valence-electron chi connectivity index (χ1n) is 7.80. The Bertz CT molecular complexity index is 902. The fraction of sp³-hybridized carbons (Fsp3) is 0.167. The van der Waals surface area contributed by atoms with E-state index in [1.165, 1.54) is 11.8 Å². The number of carbonyl (C=O) groups is 1. The quantitative estimate of drug-likeness (QED) is 0.745. The molecule has 3 heterocycles. The second-order valence-corrected chi connectivity index (χ2v) is 6.17. The summed E-state index contributed by atoms with van der Waals surface area (Å²) in [5, 5.41) is 3.35. The number of carbonyl (C=O) groups excluding carboxylic acids is 1. The maximum Gasteiger partial charge on any atom is 0.259 e. The third-order valence-electron chi connectivity index (χ3n) is 4.18. The minimum atomic E-state index is -0.208. The number of aryl methyl sites for hydroxylation is 2. The smallest absolute Gasteiger partial charge is 0.259 e. The van der Waals surface area contributed by atoms with Gasteiger partial charge in [0.25, 0.3) is 5.91 Å². The molecule has 2 N–H and O–H groups in total. The minimum absolute atomic E-state index is 0.208. The van der Waals surface area contributed by atoms with Crippen molar-refractivity contribution in [2.45, 2.75) is 19.3 Å². The van der Waals surface area contributed by atoms with Gasteiger partial charge in [-0.1, -0.05) is 17.7 Å². The summed E-state index contributed by atoms with van der Waals surface area (Å²) in [6.07, 6.45) is 7.92. The zero-order chi connectivity index (χ0) is 16.5. The van der Waals surface area contributed by atoms with Crippen molar-refractivity contribution in [3.05, 3.63) is 64.7 Å². The number of halogens is 1. The second kappa shape index (κ2) is 6.09. The van der Waals surface area contributed by atoms with Crippen molar-refractivity contribution in [3.8, 4) is 11.3 Å². The number of anilines is 1. The molecule has 5 nitrogen and oxygen atoms in total. The summed E-state index contributed by atoms with van der Waals surface area (Å²) < 4.78 is 0. The van der Waals surface area contributed by atoms with Crippen LogP contribution in [0.3, 0.4) is 0 Å².